The molecule has 23 heavy (non-hydrogen) atoms. The third-order valence-corrected chi connectivity index (χ3v) is 4.34. The fourth-order valence-corrected chi connectivity index (χ4v) is 3.05. The Morgan fingerprint density at radius 3 is 2.39 bits per heavy atom. The largest absolute Gasteiger partial charge is 0.493 e. The number of carbonyl (C=O) groups excluding carboxylic acids is 1. The van der Waals surface area contributed by atoms with Crippen molar-refractivity contribution in [2.75, 3.05) is 34.5 Å². The first kappa shape index (κ1) is 17.4. The van der Waals surface area contributed by atoms with Crippen molar-refractivity contribution in [2.45, 2.75) is 32.2 Å². The van der Waals surface area contributed by atoms with Gasteiger partial charge in [0.1, 0.15) is 0 Å². The monoisotopic (exact) mass is 322 g/mol. The number of nitrogens with one attached hydrogen (secondary N) is 1. The van der Waals surface area contributed by atoms with E-state index in [1.165, 1.54) is 27.1 Å². The van der Waals surface area contributed by atoms with E-state index in [1.54, 1.807) is 19.2 Å². The maximum Gasteiger partial charge on any atom is 0.252 e. The minimum Gasteiger partial charge on any atom is -0.493 e. The summed E-state index contributed by atoms with van der Waals surface area (Å²) in [5.74, 6) is 1.29. The molecule has 1 aromatic rings. The van der Waals surface area contributed by atoms with Crippen LogP contribution in [0.3, 0.4) is 0 Å². The topological polar surface area (TPSA) is 60.0 Å². The van der Waals surface area contributed by atoms with Crippen LogP contribution in [-0.2, 0) is 0 Å². The first-order valence-corrected chi connectivity index (χ1v) is 7.96. The SMILES string of the molecule is CCC1CCCN1CNC(=O)c1cc(OC)c(OC)c(OC)c1. The first-order valence-electron chi connectivity index (χ1n) is 7.96. The summed E-state index contributed by atoms with van der Waals surface area (Å²) < 4.78 is 15.8. The minimum absolute atomic E-state index is 0.147. The van der Waals surface area contributed by atoms with E-state index in [-0.39, 0.29) is 5.91 Å². The summed E-state index contributed by atoms with van der Waals surface area (Å²) >= 11 is 0. The maximum absolute atomic E-state index is 12.4. The third-order valence-electron chi connectivity index (χ3n) is 4.34. The summed E-state index contributed by atoms with van der Waals surface area (Å²) in [5.41, 5.74) is 0.492. The van der Waals surface area contributed by atoms with Gasteiger partial charge < -0.3 is 19.5 Å². The number of amides is 1. The van der Waals surface area contributed by atoms with Crippen LogP contribution in [0.4, 0.5) is 0 Å². The zero-order valence-corrected chi connectivity index (χ0v) is 14.3. The fourth-order valence-electron chi connectivity index (χ4n) is 3.05. The van der Waals surface area contributed by atoms with Crippen LogP contribution < -0.4 is 19.5 Å². The fraction of sp³-hybridized carbons (Fsp3) is 0.588. The van der Waals surface area contributed by atoms with Gasteiger partial charge in [-0.2, -0.15) is 0 Å². The molecule has 1 N–H and O–H groups in total. The molecule has 1 saturated heterocycles. The van der Waals surface area contributed by atoms with E-state index in [4.69, 9.17) is 14.2 Å². The van der Waals surface area contributed by atoms with Gasteiger partial charge in [-0.15, -0.1) is 0 Å². The highest BCUT2D eigenvalue weighted by Crippen LogP contribution is 2.38. The van der Waals surface area contributed by atoms with E-state index in [1.807, 2.05) is 0 Å². The molecule has 1 amide bonds. The Morgan fingerprint density at radius 1 is 1.22 bits per heavy atom. The Kier molecular flexibility index (Phi) is 6.10. The van der Waals surface area contributed by atoms with Crippen LogP contribution in [0.5, 0.6) is 17.2 Å². The van der Waals surface area contributed by atoms with Crippen molar-refractivity contribution in [3.05, 3.63) is 17.7 Å². The van der Waals surface area contributed by atoms with Crippen LogP contribution in [-0.4, -0.2) is 51.4 Å². The molecule has 1 atom stereocenters. The summed E-state index contributed by atoms with van der Waals surface area (Å²) in [4.78, 5) is 14.8. The van der Waals surface area contributed by atoms with Crippen LogP contribution in [0.25, 0.3) is 0 Å². The second-order valence-corrected chi connectivity index (χ2v) is 5.59. The molecule has 2 rings (SSSR count). The molecule has 6 heteroatoms. The molecule has 1 heterocycles. The van der Waals surface area contributed by atoms with E-state index in [9.17, 15) is 4.79 Å². The van der Waals surface area contributed by atoms with Gasteiger partial charge in [-0.25, -0.2) is 0 Å². The quantitative estimate of drug-likeness (QED) is 0.834. The molecule has 0 radical (unpaired) electrons. The molecule has 1 unspecified atom stereocenters. The third kappa shape index (κ3) is 3.88. The number of likely N-dealkylation sites (tertiary alicyclic amines) is 1. The molecule has 0 bridgehead atoms. The Morgan fingerprint density at radius 2 is 1.87 bits per heavy atom. The lowest BCUT2D eigenvalue weighted by molar-refractivity contribution is 0.0916. The molecule has 0 aliphatic carbocycles. The van der Waals surface area contributed by atoms with Gasteiger partial charge in [0, 0.05) is 18.2 Å². The van der Waals surface area contributed by atoms with Crippen molar-refractivity contribution in [1.29, 1.82) is 0 Å². The van der Waals surface area contributed by atoms with Gasteiger partial charge in [0.25, 0.3) is 5.91 Å². The molecule has 1 aliphatic rings. The second-order valence-electron chi connectivity index (χ2n) is 5.59. The molecular weight excluding hydrogens is 296 g/mol. The Labute approximate surface area is 137 Å². The maximum atomic E-state index is 12.4. The highest BCUT2D eigenvalue weighted by atomic mass is 16.5. The molecule has 0 aromatic heterocycles. The van der Waals surface area contributed by atoms with Gasteiger partial charge in [0.2, 0.25) is 5.75 Å². The van der Waals surface area contributed by atoms with Crippen LogP contribution in [0.1, 0.15) is 36.5 Å². The van der Waals surface area contributed by atoms with Crippen molar-refractivity contribution >= 4 is 5.91 Å². The van der Waals surface area contributed by atoms with Gasteiger partial charge in [-0.1, -0.05) is 6.92 Å². The molecule has 1 aliphatic heterocycles. The molecular formula is C17H26N2O4. The Bertz CT molecular complexity index is 522. The first-order chi connectivity index (χ1) is 11.1. The van der Waals surface area contributed by atoms with Crippen molar-refractivity contribution in [3.8, 4) is 17.2 Å². The lowest BCUT2D eigenvalue weighted by Crippen LogP contribution is -2.40. The molecule has 128 valence electrons. The summed E-state index contributed by atoms with van der Waals surface area (Å²) in [7, 11) is 4.61. The molecule has 0 spiro atoms. The summed E-state index contributed by atoms with van der Waals surface area (Å²) in [6.45, 7) is 3.78. The van der Waals surface area contributed by atoms with E-state index < -0.39 is 0 Å². The molecule has 0 saturated carbocycles. The van der Waals surface area contributed by atoms with E-state index in [2.05, 4.69) is 17.1 Å². The summed E-state index contributed by atoms with van der Waals surface area (Å²) in [6.07, 6.45) is 3.51. The number of hydrogen-bond acceptors (Lipinski definition) is 5. The van der Waals surface area contributed by atoms with Gasteiger partial charge >= 0.3 is 0 Å². The predicted octanol–water partition coefficient (Wildman–Crippen LogP) is 2.27. The van der Waals surface area contributed by atoms with Gasteiger partial charge in [0.15, 0.2) is 11.5 Å². The van der Waals surface area contributed by atoms with Gasteiger partial charge in [-0.3, -0.25) is 9.69 Å². The molecule has 1 aromatic carbocycles. The van der Waals surface area contributed by atoms with Crippen molar-refractivity contribution < 1.29 is 19.0 Å². The normalized spacial score (nSPS) is 17.8. The minimum atomic E-state index is -0.147. The van der Waals surface area contributed by atoms with Gasteiger partial charge in [0.05, 0.1) is 28.0 Å². The highest BCUT2D eigenvalue weighted by Gasteiger charge is 2.23. The van der Waals surface area contributed by atoms with Crippen LogP contribution in [0.2, 0.25) is 0 Å². The van der Waals surface area contributed by atoms with E-state index in [0.29, 0.717) is 35.5 Å². The van der Waals surface area contributed by atoms with Gasteiger partial charge in [-0.05, 0) is 31.4 Å². The van der Waals surface area contributed by atoms with E-state index >= 15 is 0 Å². The number of benzene rings is 1. The summed E-state index contributed by atoms with van der Waals surface area (Å²) in [5, 5.41) is 2.98. The van der Waals surface area contributed by atoms with Crippen molar-refractivity contribution in [1.82, 2.24) is 10.2 Å². The smallest absolute Gasteiger partial charge is 0.252 e. The molecule has 6 nitrogen and oxygen atoms in total. The Balaban J connectivity index is 2.09. The Hall–Kier alpha value is -1.95. The van der Waals surface area contributed by atoms with Crippen LogP contribution in [0, 0.1) is 0 Å². The molecule has 1 fully saturated rings. The summed E-state index contributed by atoms with van der Waals surface area (Å²) in [6, 6.07) is 3.89. The van der Waals surface area contributed by atoms with E-state index in [0.717, 1.165) is 13.0 Å². The number of hydrogen-bond donors (Lipinski definition) is 1. The second kappa shape index (κ2) is 8.06. The number of methoxy groups -OCH3 is 3. The number of rotatable bonds is 7. The number of nitrogens with zero attached hydrogens (tertiary/aromatic N) is 1. The number of ether oxygens (including phenoxy) is 3. The lowest BCUT2D eigenvalue weighted by atomic mass is 10.1. The van der Waals surface area contributed by atoms with Crippen LogP contribution >= 0.6 is 0 Å². The zero-order chi connectivity index (χ0) is 16.8. The lowest BCUT2D eigenvalue weighted by Gasteiger charge is -2.23. The average Bonchev–Trinajstić information content (AvgIpc) is 3.05. The number of carbonyl (C=O) groups is 1. The van der Waals surface area contributed by atoms with Crippen molar-refractivity contribution in [2.24, 2.45) is 0 Å². The highest BCUT2D eigenvalue weighted by molar-refractivity contribution is 5.95. The standard InChI is InChI=1S/C17H26N2O4/c1-5-13-7-6-8-19(13)11-18-17(20)12-9-14(21-2)16(23-4)15(10-12)22-3/h9-10,13H,5-8,11H2,1-4H3,(H,18,20). The zero-order valence-electron chi connectivity index (χ0n) is 14.3. The van der Waals surface area contributed by atoms with Crippen molar-refractivity contribution in [3.63, 3.8) is 0 Å². The van der Waals surface area contributed by atoms with Crippen LogP contribution in [0.15, 0.2) is 12.1 Å². The predicted molar refractivity (Wildman–Crippen MR) is 88.5 cm³/mol. The average molecular weight is 322 g/mol.